The zero-order valence-corrected chi connectivity index (χ0v) is 15.8. The third kappa shape index (κ3) is 3.68. The molecule has 2 aliphatic rings. The van der Waals surface area contributed by atoms with Crippen LogP contribution in [0.5, 0.6) is 0 Å². The topological polar surface area (TPSA) is 123 Å². The third-order valence-electron chi connectivity index (χ3n) is 5.14. The van der Waals surface area contributed by atoms with Crippen LogP contribution in [0.25, 0.3) is 11.0 Å². The summed E-state index contributed by atoms with van der Waals surface area (Å²) in [5.74, 6) is 1.36. The number of hydrogen-bond donors (Lipinski definition) is 2. The number of pyridine rings is 1. The molecular formula is C18H20BrN5O2. The molecule has 2 fully saturated rings. The first-order valence-corrected chi connectivity index (χ1v) is 9.34. The van der Waals surface area contributed by atoms with Gasteiger partial charge in [0.05, 0.1) is 22.7 Å². The number of nitrogens with zero attached hydrogens (tertiary/aromatic N) is 4. The molecule has 1 saturated heterocycles. The monoisotopic (exact) mass is 417 g/mol. The quantitative estimate of drug-likeness (QED) is 0.769. The van der Waals surface area contributed by atoms with Crippen molar-refractivity contribution in [3.8, 4) is 12.1 Å². The average Bonchev–Trinajstić information content (AvgIpc) is 3.25. The molecular weight excluding hydrogens is 398 g/mol. The standard InChI is InChI=1S/C10H16N2O.C8H4BrN3O/c11-5-8-3-4-12(6-8)10-2-1-9(10)7-13;9-7-5-1-4(2-10)13-6(5)3-12-8(7)11/h8-10,13H,1-4,6-7H2;1,3H,(H2,11,12). The molecule has 1 aliphatic carbocycles. The highest BCUT2D eigenvalue weighted by Gasteiger charge is 2.38. The third-order valence-corrected chi connectivity index (χ3v) is 5.97. The van der Waals surface area contributed by atoms with E-state index in [1.54, 1.807) is 6.07 Å². The fraction of sp³-hybridized carbons (Fsp3) is 0.500. The van der Waals surface area contributed by atoms with Crippen molar-refractivity contribution in [1.29, 1.82) is 10.5 Å². The normalized spacial score (nSPS) is 25.0. The minimum absolute atomic E-state index is 0.236. The van der Waals surface area contributed by atoms with Gasteiger partial charge in [0.2, 0.25) is 5.76 Å². The molecule has 3 N–H and O–H groups in total. The van der Waals surface area contributed by atoms with Gasteiger partial charge in [0, 0.05) is 30.6 Å². The van der Waals surface area contributed by atoms with Gasteiger partial charge in [0.25, 0.3) is 0 Å². The first-order valence-electron chi connectivity index (χ1n) is 8.55. The summed E-state index contributed by atoms with van der Waals surface area (Å²) in [7, 11) is 0. The maximum Gasteiger partial charge on any atom is 0.204 e. The van der Waals surface area contributed by atoms with Gasteiger partial charge in [-0.05, 0) is 47.7 Å². The van der Waals surface area contributed by atoms with E-state index in [-0.39, 0.29) is 11.7 Å². The van der Waals surface area contributed by atoms with Gasteiger partial charge in [-0.2, -0.15) is 10.5 Å². The summed E-state index contributed by atoms with van der Waals surface area (Å²) in [5, 5.41) is 27.2. The molecule has 3 atom stereocenters. The van der Waals surface area contributed by atoms with Crippen LogP contribution in [-0.2, 0) is 0 Å². The lowest BCUT2D eigenvalue weighted by atomic mass is 9.79. The van der Waals surface area contributed by atoms with E-state index in [1.807, 2.05) is 6.07 Å². The molecule has 0 bridgehead atoms. The minimum atomic E-state index is 0.236. The molecule has 8 heteroatoms. The van der Waals surface area contributed by atoms with E-state index in [0.29, 0.717) is 34.4 Å². The number of hydrogen-bond acceptors (Lipinski definition) is 7. The number of rotatable bonds is 2. The number of furan rings is 1. The summed E-state index contributed by atoms with van der Waals surface area (Å²) >= 11 is 3.27. The van der Waals surface area contributed by atoms with Gasteiger partial charge in [-0.1, -0.05) is 0 Å². The van der Waals surface area contributed by atoms with Gasteiger partial charge in [-0.3, -0.25) is 4.90 Å². The Bertz CT molecular complexity index is 867. The number of aromatic nitrogens is 1. The highest BCUT2D eigenvalue weighted by molar-refractivity contribution is 9.10. The number of aliphatic hydroxyl groups is 1. The zero-order chi connectivity index (χ0) is 18.7. The molecule has 26 heavy (non-hydrogen) atoms. The van der Waals surface area contributed by atoms with Crippen LogP contribution < -0.4 is 5.73 Å². The van der Waals surface area contributed by atoms with Crippen LogP contribution in [0.4, 0.5) is 5.82 Å². The van der Waals surface area contributed by atoms with Crippen molar-refractivity contribution in [3.63, 3.8) is 0 Å². The summed E-state index contributed by atoms with van der Waals surface area (Å²) in [6.07, 6.45) is 4.89. The molecule has 7 nitrogen and oxygen atoms in total. The minimum Gasteiger partial charge on any atom is -0.444 e. The Morgan fingerprint density at radius 2 is 2.19 bits per heavy atom. The van der Waals surface area contributed by atoms with Crippen LogP contribution in [0.1, 0.15) is 25.0 Å². The number of aliphatic hydroxyl groups excluding tert-OH is 1. The van der Waals surface area contributed by atoms with E-state index in [9.17, 15) is 0 Å². The van der Waals surface area contributed by atoms with Crippen LogP contribution in [0, 0.1) is 34.5 Å². The Morgan fingerprint density at radius 3 is 2.77 bits per heavy atom. The predicted molar refractivity (Wildman–Crippen MR) is 99.7 cm³/mol. The molecule has 2 aromatic rings. The van der Waals surface area contributed by atoms with E-state index >= 15 is 0 Å². The van der Waals surface area contributed by atoms with Crippen molar-refractivity contribution in [1.82, 2.24) is 9.88 Å². The molecule has 0 aromatic carbocycles. The van der Waals surface area contributed by atoms with Crippen LogP contribution in [0.15, 0.2) is 21.2 Å². The van der Waals surface area contributed by atoms with Crippen molar-refractivity contribution in [3.05, 3.63) is 22.5 Å². The molecule has 1 saturated carbocycles. The average molecular weight is 418 g/mol. The van der Waals surface area contributed by atoms with Gasteiger partial charge in [-0.15, -0.1) is 0 Å². The smallest absolute Gasteiger partial charge is 0.204 e. The summed E-state index contributed by atoms with van der Waals surface area (Å²) in [4.78, 5) is 6.27. The molecule has 2 aromatic heterocycles. The van der Waals surface area contributed by atoms with Crippen molar-refractivity contribution in [2.24, 2.45) is 11.8 Å². The molecule has 0 radical (unpaired) electrons. The number of fused-ring (bicyclic) bond motifs is 1. The van der Waals surface area contributed by atoms with Crippen molar-refractivity contribution in [2.45, 2.75) is 25.3 Å². The molecule has 4 rings (SSSR count). The number of nitriles is 2. The number of nitrogen functional groups attached to an aromatic ring is 1. The fourth-order valence-electron chi connectivity index (χ4n) is 3.49. The number of halogens is 1. The van der Waals surface area contributed by atoms with E-state index in [0.717, 1.165) is 31.3 Å². The number of likely N-dealkylation sites (tertiary alicyclic amines) is 1. The van der Waals surface area contributed by atoms with Gasteiger partial charge in [-0.25, -0.2) is 4.98 Å². The van der Waals surface area contributed by atoms with Gasteiger partial charge < -0.3 is 15.3 Å². The lowest BCUT2D eigenvalue weighted by molar-refractivity contribution is 0.0390. The van der Waals surface area contributed by atoms with E-state index < -0.39 is 0 Å². The number of anilines is 1. The first kappa shape index (κ1) is 18.7. The fourth-order valence-corrected chi connectivity index (χ4v) is 3.90. The molecule has 0 spiro atoms. The second kappa shape index (κ2) is 8.05. The summed E-state index contributed by atoms with van der Waals surface area (Å²) in [5.41, 5.74) is 6.11. The Kier molecular flexibility index (Phi) is 5.77. The van der Waals surface area contributed by atoms with E-state index in [1.165, 1.54) is 12.6 Å². The molecule has 1 aliphatic heterocycles. The molecule has 136 valence electrons. The summed E-state index contributed by atoms with van der Waals surface area (Å²) in [6.45, 7) is 2.30. The Labute approximate surface area is 160 Å². The molecule has 3 heterocycles. The SMILES string of the molecule is N#CC1CCN(C2CCC2CO)C1.N#Cc1cc2c(Br)c(N)ncc2o1. The van der Waals surface area contributed by atoms with Gasteiger partial charge in [0.1, 0.15) is 11.9 Å². The largest absolute Gasteiger partial charge is 0.444 e. The second-order valence-electron chi connectivity index (χ2n) is 6.65. The van der Waals surface area contributed by atoms with Crippen molar-refractivity contribution in [2.75, 3.05) is 25.4 Å². The van der Waals surface area contributed by atoms with Crippen LogP contribution in [0.2, 0.25) is 0 Å². The Hall–Kier alpha value is -2.13. The van der Waals surface area contributed by atoms with Crippen LogP contribution in [-0.4, -0.2) is 40.7 Å². The highest BCUT2D eigenvalue weighted by Crippen LogP contribution is 2.34. The first-order chi connectivity index (χ1) is 12.6. The van der Waals surface area contributed by atoms with E-state index in [2.05, 4.69) is 31.9 Å². The van der Waals surface area contributed by atoms with Gasteiger partial charge in [0.15, 0.2) is 5.58 Å². The number of nitrogens with two attached hydrogens (primary N) is 1. The van der Waals surface area contributed by atoms with E-state index in [4.69, 9.17) is 25.8 Å². The van der Waals surface area contributed by atoms with Crippen LogP contribution in [0.3, 0.4) is 0 Å². The maximum absolute atomic E-state index is 9.05. The van der Waals surface area contributed by atoms with Crippen molar-refractivity contribution >= 4 is 32.7 Å². The molecule has 3 unspecified atom stereocenters. The Balaban J connectivity index is 0.000000151. The summed E-state index contributed by atoms with van der Waals surface area (Å²) < 4.78 is 5.81. The predicted octanol–water partition coefficient (Wildman–Crippen LogP) is 2.65. The highest BCUT2D eigenvalue weighted by atomic mass is 79.9. The zero-order valence-electron chi connectivity index (χ0n) is 14.2. The summed E-state index contributed by atoms with van der Waals surface area (Å²) in [6, 6.07) is 6.43. The van der Waals surface area contributed by atoms with Gasteiger partial charge >= 0.3 is 0 Å². The maximum atomic E-state index is 9.05. The molecule has 0 amide bonds. The second-order valence-corrected chi connectivity index (χ2v) is 7.45. The lowest BCUT2D eigenvalue weighted by Gasteiger charge is -2.41. The van der Waals surface area contributed by atoms with Crippen molar-refractivity contribution < 1.29 is 9.52 Å². The van der Waals surface area contributed by atoms with Crippen LogP contribution >= 0.6 is 15.9 Å². The Morgan fingerprint density at radius 1 is 1.38 bits per heavy atom. The lowest BCUT2D eigenvalue weighted by Crippen LogP contribution is -2.47.